The Morgan fingerprint density at radius 1 is 1.33 bits per heavy atom. The fourth-order valence-corrected chi connectivity index (χ4v) is 2.16. The first kappa shape index (κ1) is 10.3. The summed E-state index contributed by atoms with van der Waals surface area (Å²) in [5.41, 5.74) is -0.428. The number of aryl methyl sites for hydroxylation is 1. The topological polar surface area (TPSA) is 45.8 Å². The minimum absolute atomic E-state index is 0.208. The molecule has 1 aromatic rings. The molecule has 3 nitrogen and oxygen atoms in total. The first-order valence-corrected chi connectivity index (χ1v) is 5.45. The lowest BCUT2D eigenvalue weighted by molar-refractivity contribution is 0.424. The van der Waals surface area contributed by atoms with Gasteiger partial charge in [0.25, 0.3) is 5.56 Å². The van der Waals surface area contributed by atoms with E-state index in [1.807, 2.05) is 0 Å². The molecule has 0 atom stereocenters. The van der Waals surface area contributed by atoms with Crippen LogP contribution in [0.2, 0.25) is 0 Å². The SMILES string of the molecule is Cc1nc(C2CCCCC2)[nH]c(=O)c1F. The van der Waals surface area contributed by atoms with Crippen molar-refractivity contribution in [3.63, 3.8) is 0 Å². The van der Waals surface area contributed by atoms with E-state index in [2.05, 4.69) is 9.97 Å². The zero-order valence-electron chi connectivity index (χ0n) is 8.85. The Balaban J connectivity index is 2.32. The third-order valence-corrected chi connectivity index (χ3v) is 3.04. The Kier molecular flexibility index (Phi) is 2.84. The van der Waals surface area contributed by atoms with Crippen molar-refractivity contribution < 1.29 is 4.39 Å². The van der Waals surface area contributed by atoms with Crippen molar-refractivity contribution in [1.29, 1.82) is 0 Å². The largest absolute Gasteiger partial charge is 0.308 e. The van der Waals surface area contributed by atoms with Gasteiger partial charge in [-0.05, 0) is 19.8 Å². The predicted molar refractivity (Wildman–Crippen MR) is 55.4 cm³/mol. The highest BCUT2D eigenvalue weighted by atomic mass is 19.1. The van der Waals surface area contributed by atoms with Gasteiger partial charge in [0.15, 0.2) is 0 Å². The Bertz CT molecular complexity index is 408. The third kappa shape index (κ3) is 2.08. The van der Waals surface area contributed by atoms with Gasteiger partial charge in [0.1, 0.15) is 5.82 Å². The van der Waals surface area contributed by atoms with Crippen molar-refractivity contribution in [1.82, 2.24) is 9.97 Å². The molecule has 1 aliphatic carbocycles. The molecule has 0 saturated heterocycles. The van der Waals surface area contributed by atoms with Crippen LogP contribution in [-0.2, 0) is 0 Å². The highest BCUT2D eigenvalue weighted by Crippen LogP contribution is 2.30. The van der Waals surface area contributed by atoms with Crippen molar-refractivity contribution in [3.05, 3.63) is 27.7 Å². The van der Waals surface area contributed by atoms with Gasteiger partial charge in [0.05, 0.1) is 5.69 Å². The molecule has 2 rings (SSSR count). The van der Waals surface area contributed by atoms with Gasteiger partial charge in [-0.15, -0.1) is 0 Å². The van der Waals surface area contributed by atoms with E-state index in [9.17, 15) is 9.18 Å². The van der Waals surface area contributed by atoms with E-state index >= 15 is 0 Å². The summed E-state index contributed by atoms with van der Waals surface area (Å²) in [7, 11) is 0. The van der Waals surface area contributed by atoms with Crippen LogP contribution < -0.4 is 5.56 Å². The van der Waals surface area contributed by atoms with Crippen LogP contribution in [0.25, 0.3) is 0 Å². The lowest BCUT2D eigenvalue weighted by Gasteiger charge is -2.20. The second-order valence-corrected chi connectivity index (χ2v) is 4.19. The molecule has 1 aliphatic rings. The van der Waals surface area contributed by atoms with Crippen LogP contribution in [0.3, 0.4) is 0 Å². The lowest BCUT2D eigenvalue weighted by Crippen LogP contribution is -2.20. The van der Waals surface area contributed by atoms with Gasteiger partial charge in [0.2, 0.25) is 5.82 Å². The van der Waals surface area contributed by atoms with Crippen molar-refractivity contribution in [2.75, 3.05) is 0 Å². The van der Waals surface area contributed by atoms with Crippen LogP contribution in [0.5, 0.6) is 0 Å². The summed E-state index contributed by atoms with van der Waals surface area (Å²) in [6.07, 6.45) is 5.69. The average Bonchev–Trinajstić information content (AvgIpc) is 2.26. The number of nitrogens with one attached hydrogen (secondary N) is 1. The lowest BCUT2D eigenvalue weighted by atomic mass is 9.88. The minimum atomic E-state index is -0.755. The summed E-state index contributed by atoms with van der Waals surface area (Å²) < 4.78 is 13.1. The maximum Gasteiger partial charge on any atom is 0.287 e. The molecule has 1 heterocycles. The van der Waals surface area contributed by atoms with E-state index < -0.39 is 11.4 Å². The average molecular weight is 210 g/mol. The summed E-state index contributed by atoms with van der Waals surface area (Å²) in [5.74, 6) is 0.221. The number of H-pyrrole nitrogens is 1. The van der Waals surface area contributed by atoms with Crippen LogP contribution >= 0.6 is 0 Å². The first-order chi connectivity index (χ1) is 7.18. The van der Waals surface area contributed by atoms with Gasteiger partial charge in [-0.1, -0.05) is 19.3 Å². The smallest absolute Gasteiger partial charge is 0.287 e. The summed E-state index contributed by atoms with van der Waals surface area (Å²) in [6.45, 7) is 1.54. The molecule has 1 fully saturated rings. The molecule has 0 aliphatic heterocycles. The highest BCUT2D eigenvalue weighted by Gasteiger charge is 2.19. The van der Waals surface area contributed by atoms with E-state index in [1.165, 1.54) is 26.2 Å². The summed E-state index contributed by atoms with van der Waals surface area (Å²) in [4.78, 5) is 17.9. The van der Waals surface area contributed by atoms with E-state index in [-0.39, 0.29) is 5.69 Å². The number of rotatable bonds is 1. The molecule has 82 valence electrons. The van der Waals surface area contributed by atoms with Gasteiger partial charge < -0.3 is 4.98 Å². The zero-order chi connectivity index (χ0) is 10.8. The number of aromatic nitrogens is 2. The van der Waals surface area contributed by atoms with E-state index in [0.29, 0.717) is 11.7 Å². The van der Waals surface area contributed by atoms with Crippen LogP contribution in [-0.4, -0.2) is 9.97 Å². The van der Waals surface area contributed by atoms with Crippen LogP contribution in [0, 0.1) is 12.7 Å². The number of hydrogen-bond donors (Lipinski definition) is 1. The molecule has 4 heteroatoms. The van der Waals surface area contributed by atoms with Gasteiger partial charge in [0, 0.05) is 5.92 Å². The van der Waals surface area contributed by atoms with Gasteiger partial charge in [-0.2, -0.15) is 4.39 Å². The van der Waals surface area contributed by atoms with Crippen molar-refractivity contribution >= 4 is 0 Å². The molecule has 1 saturated carbocycles. The maximum absolute atomic E-state index is 13.1. The molecule has 0 amide bonds. The zero-order valence-corrected chi connectivity index (χ0v) is 8.85. The molecule has 0 spiro atoms. The van der Waals surface area contributed by atoms with E-state index in [4.69, 9.17) is 0 Å². The first-order valence-electron chi connectivity index (χ1n) is 5.45. The maximum atomic E-state index is 13.1. The number of halogens is 1. The summed E-state index contributed by atoms with van der Waals surface area (Å²) in [5, 5.41) is 0. The van der Waals surface area contributed by atoms with E-state index in [1.54, 1.807) is 0 Å². The third-order valence-electron chi connectivity index (χ3n) is 3.04. The highest BCUT2D eigenvalue weighted by molar-refractivity contribution is 5.07. The van der Waals surface area contributed by atoms with Gasteiger partial charge in [-0.25, -0.2) is 4.98 Å². The van der Waals surface area contributed by atoms with Crippen LogP contribution in [0.1, 0.15) is 49.5 Å². The molecule has 0 unspecified atom stereocenters. The molecular formula is C11H15FN2O. The molecule has 0 aromatic carbocycles. The van der Waals surface area contributed by atoms with Crippen molar-refractivity contribution in [2.45, 2.75) is 44.9 Å². The molecule has 0 radical (unpaired) electrons. The second kappa shape index (κ2) is 4.13. The fourth-order valence-electron chi connectivity index (χ4n) is 2.16. The number of hydrogen-bond acceptors (Lipinski definition) is 2. The minimum Gasteiger partial charge on any atom is -0.308 e. The van der Waals surface area contributed by atoms with E-state index in [0.717, 1.165) is 12.8 Å². The quantitative estimate of drug-likeness (QED) is 0.772. The van der Waals surface area contributed by atoms with Crippen LogP contribution in [0.15, 0.2) is 4.79 Å². The standard InChI is InChI=1S/C11H15FN2O/c1-7-9(12)11(15)14-10(13-7)8-5-3-2-4-6-8/h8H,2-6H2,1H3,(H,13,14,15). The Labute approximate surface area is 87.7 Å². The molecular weight excluding hydrogens is 195 g/mol. The van der Waals surface area contributed by atoms with Crippen molar-refractivity contribution in [2.24, 2.45) is 0 Å². The number of nitrogens with zero attached hydrogens (tertiary/aromatic N) is 1. The Morgan fingerprint density at radius 2 is 2.00 bits per heavy atom. The number of aromatic amines is 1. The normalized spacial score (nSPS) is 18.0. The molecule has 1 aromatic heterocycles. The molecule has 0 bridgehead atoms. The predicted octanol–water partition coefficient (Wildman–Crippen LogP) is 2.27. The molecule has 1 N–H and O–H groups in total. The van der Waals surface area contributed by atoms with Crippen LogP contribution in [0.4, 0.5) is 4.39 Å². The second-order valence-electron chi connectivity index (χ2n) is 4.19. The van der Waals surface area contributed by atoms with Gasteiger partial charge >= 0.3 is 0 Å². The fraction of sp³-hybridized carbons (Fsp3) is 0.636. The van der Waals surface area contributed by atoms with Gasteiger partial charge in [-0.3, -0.25) is 4.79 Å². The summed E-state index contributed by atoms with van der Waals surface area (Å²) >= 11 is 0. The Hall–Kier alpha value is -1.19. The van der Waals surface area contributed by atoms with Crippen molar-refractivity contribution in [3.8, 4) is 0 Å². The monoisotopic (exact) mass is 210 g/mol. The molecule has 15 heavy (non-hydrogen) atoms. The Morgan fingerprint density at radius 3 is 2.60 bits per heavy atom. The summed E-state index contributed by atoms with van der Waals surface area (Å²) in [6, 6.07) is 0.